The Hall–Kier alpha value is -1.43. The Kier molecular flexibility index (Phi) is 3.05. The summed E-state index contributed by atoms with van der Waals surface area (Å²) in [6.07, 6.45) is 1.90. The lowest BCUT2D eigenvalue weighted by atomic mass is 10.2. The van der Waals surface area contributed by atoms with Gasteiger partial charge in [0, 0.05) is 10.6 Å². The molecule has 1 heterocycles. The first-order chi connectivity index (χ1) is 9.12. The highest BCUT2D eigenvalue weighted by atomic mass is 35.5. The molecule has 1 aromatic heterocycles. The molecule has 1 aliphatic carbocycles. The van der Waals surface area contributed by atoms with E-state index < -0.39 is 0 Å². The molecule has 0 amide bonds. The standard InChI is InChI=1S/C13H14ClN3O2/c14-8-1-2-9-10(5-8)16-11(17-12(9)19)6-15-13(7-18)3-4-13/h1-2,5,15,18H,3-4,6-7H2,(H,16,17,19). The molecule has 6 heteroatoms. The third kappa shape index (κ3) is 2.49. The van der Waals surface area contributed by atoms with Gasteiger partial charge in [-0.2, -0.15) is 0 Å². The van der Waals surface area contributed by atoms with Gasteiger partial charge in [-0.3, -0.25) is 4.79 Å². The summed E-state index contributed by atoms with van der Waals surface area (Å²) in [5.41, 5.74) is 0.233. The fourth-order valence-electron chi connectivity index (χ4n) is 2.06. The molecule has 100 valence electrons. The predicted octanol–water partition coefficient (Wildman–Crippen LogP) is 1.19. The molecular formula is C13H14ClN3O2. The van der Waals surface area contributed by atoms with Gasteiger partial charge < -0.3 is 15.4 Å². The molecule has 3 rings (SSSR count). The molecule has 19 heavy (non-hydrogen) atoms. The van der Waals surface area contributed by atoms with Gasteiger partial charge >= 0.3 is 0 Å². The van der Waals surface area contributed by atoms with Gasteiger partial charge in [0.1, 0.15) is 5.82 Å². The first-order valence-corrected chi connectivity index (χ1v) is 6.54. The van der Waals surface area contributed by atoms with E-state index in [9.17, 15) is 9.90 Å². The second-order valence-corrected chi connectivity index (χ2v) is 5.40. The van der Waals surface area contributed by atoms with Crippen molar-refractivity contribution in [1.82, 2.24) is 15.3 Å². The molecule has 0 unspecified atom stereocenters. The zero-order valence-corrected chi connectivity index (χ0v) is 11.0. The Morgan fingerprint density at radius 2 is 2.26 bits per heavy atom. The van der Waals surface area contributed by atoms with Crippen molar-refractivity contribution in [3.8, 4) is 0 Å². The number of H-pyrrole nitrogens is 1. The number of aliphatic hydroxyl groups is 1. The highest BCUT2D eigenvalue weighted by molar-refractivity contribution is 6.31. The van der Waals surface area contributed by atoms with Crippen LogP contribution in [-0.2, 0) is 6.54 Å². The van der Waals surface area contributed by atoms with Gasteiger partial charge in [0.2, 0.25) is 0 Å². The number of benzene rings is 1. The van der Waals surface area contributed by atoms with E-state index in [1.165, 1.54) is 0 Å². The van der Waals surface area contributed by atoms with E-state index in [2.05, 4.69) is 15.3 Å². The van der Waals surface area contributed by atoms with Crippen LogP contribution in [0.4, 0.5) is 0 Å². The van der Waals surface area contributed by atoms with E-state index in [0.717, 1.165) is 12.8 Å². The second kappa shape index (κ2) is 4.59. The number of fused-ring (bicyclic) bond motifs is 1. The van der Waals surface area contributed by atoms with Crippen molar-refractivity contribution in [2.45, 2.75) is 24.9 Å². The van der Waals surface area contributed by atoms with Crippen molar-refractivity contribution in [2.24, 2.45) is 0 Å². The minimum atomic E-state index is -0.179. The Morgan fingerprint density at radius 1 is 1.47 bits per heavy atom. The highest BCUT2D eigenvalue weighted by Crippen LogP contribution is 2.34. The highest BCUT2D eigenvalue weighted by Gasteiger charge is 2.41. The largest absolute Gasteiger partial charge is 0.394 e. The molecule has 1 saturated carbocycles. The molecule has 3 N–H and O–H groups in total. The monoisotopic (exact) mass is 279 g/mol. The molecule has 5 nitrogen and oxygen atoms in total. The Labute approximate surface area is 114 Å². The molecular weight excluding hydrogens is 266 g/mol. The van der Waals surface area contributed by atoms with E-state index in [-0.39, 0.29) is 17.7 Å². The molecule has 1 fully saturated rings. The molecule has 0 saturated heterocycles. The maximum Gasteiger partial charge on any atom is 0.258 e. The number of halogens is 1. The number of aromatic nitrogens is 2. The maximum absolute atomic E-state index is 11.9. The number of hydrogen-bond donors (Lipinski definition) is 3. The second-order valence-electron chi connectivity index (χ2n) is 4.97. The topological polar surface area (TPSA) is 78.0 Å². The molecule has 0 spiro atoms. The third-order valence-electron chi connectivity index (χ3n) is 3.50. The molecule has 2 aromatic rings. The SMILES string of the molecule is O=c1[nH]c(CNC2(CO)CC2)nc2cc(Cl)ccc12. The summed E-state index contributed by atoms with van der Waals surface area (Å²) in [7, 11) is 0. The first kappa shape index (κ1) is 12.6. The van der Waals surface area contributed by atoms with E-state index >= 15 is 0 Å². The normalized spacial score (nSPS) is 16.7. The van der Waals surface area contributed by atoms with Crippen LogP contribution in [0, 0.1) is 0 Å². The number of aromatic amines is 1. The van der Waals surface area contributed by atoms with E-state index in [4.69, 9.17) is 11.6 Å². The van der Waals surface area contributed by atoms with Crippen LogP contribution in [0.15, 0.2) is 23.0 Å². The van der Waals surface area contributed by atoms with Crippen LogP contribution >= 0.6 is 11.6 Å². The summed E-state index contributed by atoms with van der Waals surface area (Å²) in [4.78, 5) is 19.0. The zero-order valence-electron chi connectivity index (χ0n) is 10.2. The molecule has 1 aromatic carbocycles. The van der Waals surface area contributed by atoms with E-state index in [1.807, 2.05) is 0 Å². The number of aliphatic hydroxyl groups excluding tert-OH is 1. The number of hydrogen-bond acceptors (Lipinski definition) is 4. The van der Waals surface area contributed by atoms with Crippen molar-refractivity contribution in [3.05, 3.63) is 39.4 Å². The lowest BCUT2D eigenvalue weighted by molar-refractivity contribution is 0.229. The first-order valence-electron chi connectivity index (χ1n) is 6.16. The summed E-state index contributed by atoms with van der Waals surface area (Å²) in [6, 6.07) is 5.01. The lowest BCUT2D eigenvalue weighted by Gasteiger charge is -2.13. The van der Waals surface area contributed by atoms with Crippen molar-refractivity contribution in [1.29, 1.82) is 0 Å². The number of nitrogens with one attached hydrogen (secondary N) is 2. The Balaban J connectivity index is 1.90. The zero-order chi connectivity index (χ0) is 13.5. The van der Waals surface area contributed by atoms with Crippen molar-refractivity contribution < 1.29 is 5.11 Å². The quantitative estimate of drug-likeness (QED) is 0.786. The number of rotatable bonds is 4. The summed E-state index contributed by atoms with van der Waals surface area (Å²) in [5.74, 6) is 0.555. The fraction of sp³-hybridized carbons (Fsp3) is 0.385. The summed E-state index contributed by atoms with van der Waals surface area (Å²) < 4.78 is 0. The van der Waals surface area contributed by atoms with Gasteiger partial charge in [0.25, 0.3) is 5.56 Å². The molecule has 1 aliphatic rings. The van der Waals surface area contributed by atoms with Crippen molar-refractivity contribution in [3.63, 3.8) is 0 Å². The summed E-state index contributed by atoms with van der Waals surface area (Å²) in [5, 5.41) is 13.5. The predicted molar refractivity (Wildman–Crippen MR) is 73.3 cm³/mol. The smallest absolute Gasteiger partial charge is 0.258 e. The summed E-state index contributed by atoms with van der Waals surface area (Å²) >= 11 is 5.90. The molecule has 0 bridgehead atoms. The lowest BCUT2D eigenvalue weighted by Crippen LogP contribution is -2.35. The Bertz CT molecular complexity index is 679. The van der Waals surface area contributed by atoms with Gasteiger partial charge in [-0.25, -0.2) is 4.98 Å². The van der Waals surface area contributed by atoms with Gasteiger partial charge in [-0.05, 0) is 31.0 Å². The minimum absolute atomic E-state index is 0.108. The van der Waals surface area contributed by atoms with Crippen LogP contribution in [-0.4, -0.2) is 27.2 Å². The molecule has 0 atom stereocenters. The van der Waals surface area contributed by atoms with Crippen LogP contribution in [0.2, 0.25) is 5.02 Å². The number of nitrogens with zero attached hydrogens (tertiary/aromatic N) is 1. The van der Waals surface area contributed by atoms with Gasteiger partial charge in [0.15, 0.2) is 0 Å². The van der Waals surface area contributed by atoms with Gasteiger partial charge in [-0.15, -0.1) is 0 Å². The average Bonchev–Trinajstić information content (AvgIpc) is 3.16. The van der Waals surface area contributed by atoms with Crippen LogP contribution in [0.1, 0.15) is 18.7 Å². The fourth-order valence-corrected chi connectivity index (χ4v) is 2.22. The average molecular weight is 280 g/mol. The van der Waals surface area contributed by atoms with Crippen LogP contribution in [0.25, 0.3) is 10.9 Å². The van der Waals surface area contributed by atoms with Crippen LogP contribution < -0.4 is 10.9 Å². The third-order valence-corrected chi connectivity index (χ3v) is 3.74. The maximum atomic E-state index is 11.9. The van der Waals surface area contributed by atoms with E-state index in [0.29, 0.717) is 28.3 Å². The van der Waals surface area contributed by atoms with Crippen LogP contribution in [0.5, 0.6) is 0 Å². The minimum Gasteiger partial charge on any atom is -0.394 e. The van der Waals surface area contributed by atoms with Crippen molar-refractivity contribution >= 4 is 22.5 Å². The molecule has 0 radical (unpaired) electrons. The van der Waals surface area contributed by atoms with Crippen molar-refractivity contribution in [2.75, 3.05) is 6.61 Å². The Morgan fingerprint density at radius 3 is 2.95 bits per heavy atom. The van der Waals surface area contributed by atoms with Crippen LogP contribution in [0.3, 0.4) is 0 Å². The van der Waals surface area contributed by atoms with Gasteiger partial charge in [-0.1, -0.05) is 11.6 Å². The van der Waals surface area contributed by atoms with E-state index in [1.54, 1.807) is 18.2 Å². The van der Waals surface area contributed by atoms with Gasteiger partial charge in [0.05, 0.1) is 24.1 Å². The summed E-state index contributed by atoms with van der Waals surface area (Å²) in [6.45, 7) is 0.537. The molecule has 0 aliphatic heterocycles.